The fourth-order valence-electron chi connectivity index (χ4n) is 5.85. The highest BCUT2D eigenvalue weighted by molar-refractivity contribution is 5.92. The highest BCUT2D eigenvalue weighted by atomic mass is 19.3. The van der Waals surface area contributed by atoms with Crippen LogP contribution in [0.3, 0.4) is 0 Å². The van der Waals surface area contributed by atoms with Gasteiger partial charge in [0.05, 0.1) is 5.54 Å². The Balaban J connectivity index is 1.42. The summed E-state index contributed by atoms with van der Waals surface area (Å²) in [5.41, 5.74) is -0.548. The predicted molar refractivity (Wildman–Crippen MR) is 84.2 cm³/mol. The number of carbonyl (C=O) groups excluding carboxylic acids is 1. The van der Waals surface area contributed by atoms with Crippen LogP contribution in [0, 0.1) is 11.8 Å². The van der Waals surface area contributed by atoms with Crippen LogP contribution >= 0.6 is 0 Å². The number of nitrogens with zero attached hydrogens (tertiary/aromatic N) is 6. The van der Waals surface area contributed by atoms with Crippen LogP contribution in [0.2, 0.25) is 0 Å². The standard InChI is InChI=1S/C16H19F2N7O/c17-14(18)24-2-1-12(22-24)13(26)21-15-4-10-3-11(5-15)7-16(6-10,8-15)25-20-9-19-23-25/h1-2,9-11,14H,3-8H2,(H,21,26)/t10-,11+,15?,16?. The van der Waals surface area contributed by atoms with E-state index in [9.17, 15) is 13.6 Å². The maximum Gasteiger partial charge on any atom is 0.333 e. The van der Waals surface area contributed by atoms with Gasteiger partial charge in [-0.3, -0.25) is 4.79 Å². The van der Waals surface area contributed by atoms with Gasteiger partial charge in [-0.15, -0.1) is 10.2 Å². The van der Waals surface area contributed by atoms with E-state index in [2.05, 4.69) is 25.8 Å². The molecule has 4 aliphatic carbocycles. The molecule has 138 valence electrons. The van der Waals surface area contributed by atoms with Crippen LogP contribution < -0.4 is 5.32 Å². The van der Waals surface area contributed by atoms with E-state index >= 15 is 0 Å². The van der Waals surface area contributed by atoms with E-state index in [1.54, 1.807) is 4.80 Å². The molecule has 26 heavy (non-hydrogen) atoms. The number of hydrogen-bond acceptors (Lipinski definition) is 5. The molecule has 0 aliphatic heterocycles. The molecule has 0 radical (unpaired) electrons. The van der Waals surface area contributed by atoms with Crippen molar-refractivity contribution in [2.75, 3.05) is 0 Å². The first-order valence-corrected chi connectivity index (χ1v) is 8.86. The van der Waals surface area contributed by atoms with E-state index in [1.165, 1.54) is 12.4 Å². The van der Waals surface area contributed by atoms with Crippen molar-refractivity contribution in [2.24, 2.45) is 11.8 Å². The molecule has 2 aromatic rings. The number of amides is 1. The number of rotatable bonds is 4. The minimum absolute atomic E-state index is 0.0222. The fraction of sp³-hybridized carbons (Fsp3) is 0.688. The van der Waals surface area contributed by atoms with Gasteiger partial charge in [0.1, 0.15) is 5.69 Å². The van der Waals surface area contributed by atoms with Crippen molar-refractivity contribution < 1.29 is 13.6 Å². The lowest BCUT2D eigenvalue weighted by Crippen LogP contribution is -2.66. The summed E-state index contributed by atoms with van der Waals surface area (Å²) < 4.78 is 25.9. The highest BCUT2D eigenvalue weighted by Crippen LogP contribution is 2.60. The Morgan fingerprint density at radius 1 is 1.27 bits per heavy atom. The van der Waals surface area contributed by atoms with Crippen LogP contribution in [0.15, 0.2) is 18.6 Å². The highest BCUT2D eigenvalue weighted by Gasteiger charge is 2.60. The van der Waals surface area contributed by atoms with Crippen molar-refractivity contribution in [3.8, 4) is 0 Å². The van der Waals surface area contributed by atoms with E-state index in [0.29, 0.717) is 16.5 Å². The minimum atomic E-state index is -2.75. The van der Waals surface area contributed by atoms with Gasteiger partial charge in [0.2, 0.25) is 0 Å². The van der Waals surface area contributed by atoms with Gasteiger partial charge in [0.25, 0.3) is 5.91 Å². The lowest BCUT2D eigenvalue weighted by molar-refractivity contribution is -0.0811. The predicted octanol–water partition coefficient (Wildman–Crippen LogP) is 1.74. The number of halogens is 2. The summed E-state index contributed by atoms with van der Waals surface area (Å²) in [5, 5.41) is 19.1. The largest absolute Gasteiger partial charge is 0.345 e. The number of carbonyl (C=O) groups is 1. The zero-order chi connectivity index (χ0) is 17.9. The van der Waals surface area contributed by atoms with Crippen molar-refractivity contribution in [3.05, 3.63) is 24.3 Å². The summed E-state index contributed by atoms with van der Waals surface area (Å²) in [7, 11) is 0. The van der Waals surface area contributed by atoms with Gasteiger partial charge in [-0.25, -0.2) is 4.68 Å². The molecule has 0 spiro atoms. The third-order valence-electron chi connectivity index (χ3n) is 6.22. The molecule has 4 atom stereocenters. The second kappa shape index (κ2) is 5.31. The van der Waals surface area contributed by atoms with Gasteiger partial charge in [-0.05, 0) is 61.6 Å². The summed E-state index contributed by atoms with van der Waals surface area (Å²) >= 11 is 0. The van der Waals surface area contributed by atoms with Gasteiger partial charge in [0.15, 0.2) is 6.33 Å². The molecular formula is C16H19F2N7O. The Labute approximate surface area is 147 Å². The van der Waals surface area contributed by atoms with E-state index in [4.69, 9.17) is 0 Å². The summed E-state index contributed by atoms with van der Waals surface area (Å²) in [6.07, 6.45) is 8.27. The molecule has 6 rings (SSSR count). The molecule has 2 heterocycles. The van der Waals surface area contributed by atoms with Crippen LogP contribution in [-0.4, -0.2) is 41.4 Å². The Kier molecular flexibility index (Phi) is 3.23. The normalized spacial score (nSPS) is 35.2. The Bertz CT molecular complexity index is 820. The number of aromatic nitrogens is 6. The quantitative estimate of drug-likeness (QED) is 0.894. The van der Waals surface area contributed by atoms with Crippen LogP contribution in [-0.2, 0) is 5.54 Å². The number of tetrazole rings is 1. The van der Waals surface area contributed by atoms with E-state index in [0.717, 1.165) is 44.7 Å². The van der Waals surface area contributed by atoms with Gasteiger partial charge in [-0.2, -0.15) is 18.7 Å². The summed E-state index contributed by atoms with van der Waals surface area (Å²) in [5.74, 6) is 0.607. The first kappa shape index (κ1) is 15.8. The minimum Gasteiger partial charge on any atom is -0.345 e. The Hall–Kier alpha value is -2.39. The molecule has 0 aromatic carbocycles. The average Bonchev–Trinajstić information content (AvgIpc) is 3.26. The third kappa shape index (κ3) is 2.34. The Morgan fingerprint density at radius 2 is 2.04 bits per heavy atom. The first-order chi connectivity index (χ1) is 12.5. The lowest BCUT2D eigenvalue weighted by Gasteiger charge is -2.61. The summed E-state index contributed by atoms with van der Waals surface area (Å²) in [6, 6.07) is 1.33. The molecule has 8 nitrogen and oxygen atoms in total. The van der Waals surface area contributed by atoms with E-state index < -0.39 is 12.5 Å². The summed E-state index contributed by atoms with van der Waals surface area (Å²) in [6.45, 7) is -2.75. The maximum absolute atomic E-state index is 12.7. The van der Waals surface area contributed by atoms with Crippen LogP contribution in [0.4, 0.5) is 8.78 Å². The second-order valence-electron chi connectivity index (χ2n) is 8.10. The van der Waals surface area contributed by atoms with Crippen LogP contribution in [0.1, 0.15) is 55.6 Å². The maximum atomic E-state index is 12.7. The molecule has 4 fully saturated rings. The number of alkyl halides is 2. The number of nitrogens with one attached hydrogen (secondary N) is 1. The molecule has 4 bridgehead atoms. The number of hydrogen-bond donors (Lipinski definition) is 1. The van der Waals surface area contributed by atoms with Crippen LogP contribution in [0.5, 0.6) is 0 Å². The molecule has 10 heteroatoms. The fourth-order valence-corrected chi connectivity index (χ4v) is 5.85. The SMILES string of the molecule is O=C(NC12C[C@H]3C[C@@H](C1)CC(n1ncnn1)(C3)C2)c1ccn(C(F)F)n1. The molecule has 1 N–H and O–H groups in total. The van der Waals surface area contributed by atoms with Gasteiger partial charge in [0, 0.05) is 11.7 Å². The molecular weight excluding hydrogens is 344 g/mol. The molecule has 2 aromatic heterocycles. The van der Waals surface area contributed by atoms with Crippen molar-refractivity contribution >= 4 is 5.91 Å². The molecule has 0 saturated heterocycles. The van der Waals surface area contributed by atoms with Crippen molar-refractivity contribution in [2.45, 2.75) is 56.2 Å². The Morgan fingerprint density at radius 3 is 2.65 bits per heavy atom. The van der Waals surface area contributed by atoms with E-state index in [1.807, 2.05) is 0 Å². The summed E-state index contributed by atoms with van der Waals surface area (Å²) in [4.78, 5) is 14.4. The lowest BCUT2D eigenvalue weighted by atomic mass is 9.50. The molecule has 2 unspecified atom stereocenters. The van der Waals surface area contributed by atoms with Crippen molar-refractivity contribution in [3.63, 3.8) is 0 Å². The zero-order valence-corrected chi connectivity index (χ0v) is 14.1. The average molecular weight is 363 g/mol. The monoisotopic (exact) mass is 363 g/mol. The third-order valence-corrected chi connectivity index (χ3v) is 6.22. The molecule has 4 aliphatic rings. The van der Waals surface area contributed by atoms with E-state index in [-0.39, 0.29) is 16.8 Å². The van der Waals surface area contributed by atoms with Gasteiger partial charge < -0.3 is 5.32 Å². The second-order valence-corrected chi connectivity index (χ2v) is 8.10. The zero-order valence-electron chi connectivity index (χ0n) is 14.1. The smallest absolute Gasteiger partial charge is 0.333 e. The topological polar surface area (TPSA) is 90.5 Å². The van der Waals surface area contributed by atoms with Gasteiger partial charge >= 0.3 is 6.55 Å². The molecule has 1 amide bonds. The van der Waals surface area contributed by atoms with Crippen LogP contribution in [0.25, 0.3) is 0 Å². The molecule has 4 saturated carbocycles. The van der Waals surface area contributed by atoms with Gasteiger partial charge in [-0.1, -0.05) is 0 Å². The van der Waals surface area contributed by atoms with Crippen molar-refractivity contribution in [1.82, 2.24) is 35.3 Å². The first-order valence-electron chi connectivity index (χ1n) is 8.86. The van der Waals surface area contributed by atoms with Crippen molar-refractivity contribution in [1.29, 1.82) is 0 Å².